The van der Waals surface area contributed by atoms with E-state index >= 15 is 0 Å². The van der Waals surface area contributed by atoms with Gasteiger partial charge in [0.2, 0.25) is 11.8 Å². The Morgan fingerprint density at radius 2 is 0.947 bits per heavy atom. The van der Waals surface area contributed by atoms with Crippen molar-refractivity contribution in [2.24, 2.45) is 0 Å². The molecule has 0 aliphatic carbocycles. The van der Waals surface area contributed by atoms with Gasteiger partial charge in [0.25, 0.3) is 11.8 Å². The minimum atomic E-state index is -1.37. The van der Waals surface area contributed by atoms with Crippen molar-refractivity contribution in [1.29, 1.82) is 0 Å². The number of amides is 6. The number of carbonyl (C=O) groups is 8. The van der Waals surface area contributed by atoms with Crippen molar-refractivity contribution in [3.63, 3.8) is 0 Å². The van der Waals surface area contributed by atoms with Crippen molar-refractivity contribution < 1.29 is 62.8 Å². The highest BCUT2D eigenvalue weighted by molar-refractivity contribution is 5.95. The first-order valence-corrected chi connectivity index (χ1v) is 23.9. The molecule has 2 aromatic heterocycles. The summed E-state index contributed by atoms with van der Waals surface area (Å²) in [5.74, 6) is -2.71. The van der Waals surface area contributed by atoms with Crippen LogP contribution in [0.5, 0.6) is 0 Å². The molecule has 0 aliphatic rings. The molecule has 404 valence electrons. The molecule has 6 aromatic rings. The van der Waals surface area contributed by atoms with Gasteiger partial charge in [0.15, 0.2) is 0 Å². The molecule has 8 N–H and O–H groups in total. The predicted octanol–water partition coefficient (Wildman–Crippen LogP) is 5.27. The number of imidazole rings is 2. The van der Waals surface area contributed by atoms with Gasteiger partial charge < -0.3 is 65.5 Å². The van der Waals surface area contributed by atoms with E-state index in [1.807, 2.05) is 48.5 Å². The van der Waals surface area contributed by atoms with Crippen LogP contribution in [-0.4, -0.2) is 138 Å². The van der Waals surface area contributed by atoms with Crippen molar-refractivity contribution in [1.82, 2.24) is 51.0 Å². The number of aliphatic carboxylic acids is 2. The van der Waals surface area contributed by atoms with E-state index < -0.39 is 59.2 Å². The van der Waals surface area contributed by atoms with Gasteiger partial charge in [-0.25, -0.2) is 29.1 Å². The molecule has 0 fully saturated rings. The van der Waals surface area contributed by atoms with E-state index in [1.54, 1.807) is 99.9 Å². The first-order valence-electron chi connectivity index (χ1n) is 23.9. The Hall–Kier alpha value is -8.86. The lowest BCUT2D eigenvalue weighted by Gasteiger charge is -2.22. The third kappa shape index (κ3) is 18.6. The summed E-state index contributed by atoms with van der Waals surface area (Å²) in [7, 11) is 1.45. The van der Waals surface area contributed by atoms with Crippen LogP contribution >= 0.6 is 0 Å². The van der Waals surface area contributed by atoms with Crippen molar-refractivity contribution in [2.45, 2.75) is 97.9 Å². The zero-order valence-electron chi connectivity index (χ0n) is 43.5. The van der Waals surface area contributed by atoms with E-state index in [9.17, 15) is 48.6 Å². The fraction of sp³-hybridized carbons (Fsp3) is 0.358. The number of carbonyl (C=O) groups excluding carboxylic acids is 6. The summed E-state index contributed by atoms with van der Waals surface area (Å²) in [5.41, 5.74) is 3.95. The highest BCUT2D eigenvalue weighted by atomic mass is 16.6. The summed E-state index contributed by atoms with van der Waals surface area (Å²) in [5, 5.41) is 28.2. The molecule has 23 nitrogen and oxygen atoms in total. The summed E-state index contributed by atoms with van der Waals surface area (Å²) < 4.78 is 15.2. The van der Waals surface area contributed by atoms with E-state index in [2.05, 4.69) is 41.2 Å². The lowest BCUT2D eigenvalue weighted by Crippen LogP contribution is -2.49. The largest absolute Gasteiger partial charge is 0.480 e. The number of nitrogens with zero attached hydrogens (tertiary/aromatic N) is 4. The van der Waals surface area contributed by atoms with Crippen LogP contribution in [0.25, 0.3) is 22.1 Å². The molecule has 2 atom stereocenters. The van der Waals surface area contributed by atoms with Crippen molar-refractivity contribution >= 4 is 69.8 Å². The zero-order valence-corrected chi connectivity index (χ0v) is 43.5. The molecule has 76 heavy (non-hydrogen) atoms. The van der Waals surface area contributed by atoms with Crippen molar-refractivity contribution in [3.8, 4) is 0 Å². The molecule has 6 rings (SSSR count). The number of para-hydroxylation sites is 4. The fourth-order valence-electron chi connectivity index (χ4n) is 7.11. The molecule has 4 aromatic carbocycles. The molecule has 0 bridgehead atoms. The number of ether oxygens (including phenoxy) is 3. The lowest BCUT2D eigenvalue weighted by molar-refractivity contribution is -0.140. The standard InChI is InChI=1S/C27H33N5O7.C26H31N5O6/c1-27(2,3)39-26(37)31-21(25(35)36)13-28-24(34)18-11-9-17(10-12-18)14-32(23(33)16-38-4)15-22-29-19-7-5-6-8-20(19)30-22;1-16(32)31(15-22-28-19-7-5-6-8-20(19)29-22)14-17-9-11-18(12-10-17)23(33)27-13-21(24(34)35)30-25(36)37-26(2,3)4/h5-12,21H,13-16H2,1-4H3,(H,28,34)(H,29,30)(H,31,37)(H,35,36);5-12,21H,13-15H2,1-4H3,(H,27,33)(H,28,29)(H,30,36)(H,34,35). The van der Waals surface area contributed by atoms with Crippen LogP contribution in [0.1, 0.15) is 92.0 Å². The third-order valence-electron chi connectivity index (χ3n) is 10.7. The zero-order chi connectivity index (χ0) is 55.7. The summed E-state index contributed by atoms with van der Waals surface area (Å²) in [6.45, 7) is 11.7. The number of carboxylic acid groups (broad SMARTS) is 2. The number of aromatic amines is 2. The van der Waals surface area contributed by atoms with Gasteiger partial charge in [0, 0.05) is 51.3 Å². The first kappa shape index (κ1) is 58.0. The number of hydrogen-bond donors (Lipinski definition) is 8. The molecule has 0 spiro atoms. The normalized spacial score (nSPS) is 12.0. The monoisotopic (exact) mass is 1050 g/mol. The summed E-state index contributed by atoms with van der Waals surface area (Å²) in [4.78, 5) is 116. The van der Waals surface area contributed by atoms with Gasteiger partial charge in [-0.2, -0.15) is 0 Å². The molecule has 2 heterocycles. The number of methoxy groups -OCH3 is 1. The van der Waals surface area contributed by atoms with E-state index in [-0.39, 0.29) is 50.2 Å². The van der Waals surface area contributed by atoms with Crippen LogP contribution in [0.15, 0.2) is 97.1 Å². The molecule has 2 unspecified atom stereocenters. The molecule has 0 radical (unpaired) electrons. The van der Waals surface area contributed by atoms with Crippen LogP contribution in [0.2, 0.25) is 0 Å². The number of rotatable bonds is 20. The van der Waals surface area contributed by atoms with Crippen molar-refractivity contribution in [2.75, 3.05) is 26.8 Å². The maximum Gasteiger partial charge on any atom is 0.408 e. The van der Waals surface area contributed by atoms with Gasteiger partial charge in [-0.1, -0.05) is 48.5 Å². The molecule has 0 aliphatic heterocycles. The van der Waals surface area contributed by atoms with E-state index in [1.165, 1.54) is 14.0 Å². The smallest absolute Gasteiger partial charge is 0.408 e. The second-order valence-electron chi connectivity index (χ2n) is 19.3. The number of hydrogen-bond acceptors (Lipinski definition) is 13. The highest BCUT2D eigenvalue weighted by Crippen LogP contribution is 2.17. The Bertz CT molecular complexity index is 2930. The van der Waals surface area contributed by atoms with E-state index in [4.69, 9.17) is 14.2 Å². The van der Waals surface area contributed by atoms with Gasteiger partial charge >= 0.3 is 24.1 Å². The first-order chi connectivity index (χ1) is 35.9. The number of alkyl carbamates (subject to hydrolysis) is 2. The Balaban J connectivity index is 0.000000281. The van der Waals surface area contributed by atoms with Crippen molar-refractivity contribution in [3.05, 3.63) is 131 Å². The topological polar surface area (TPSA) is 317 Å². The SMILES string of the molecule is CC(=O)N(Cc1ccc(C(=O)NCC(NC(=O)OC(C)(C)C)C(=O)O)cc1)Cc1nc2ccccc2[nH]1.COCC(=O)N(Cc1ccc(C(=O)NCC(NC(=O)OC(C)(C)C)C(=O)O)cc1)Cc1nc2ccccc2[nH]1. The fourth-order valence-corrected chi connectivity index (χ4v) is 7.11. The van der Waals surface area contributed by atoms with Gasteiger partial charge in [0.05, 0.1) is 35.2 Å². The van der Waals surface area contributed by atoms with E-state index in [0.29, 0.717) is 30.3 Å². The Morgan fingerprint density at radius 1 is 0.566 bits per heavy atom. The number of aromatic nitrogens is 4. The average Bonchev–Trinajstić information content (AvgIpc) is 3.96. The molecule has 6 amide bonds. The minimum Gasteiger partial charge on any atom is -0.480 e. The second kappa shape index (κ2) is 26.4. The summed E-state index contributed by atoms with van der Waals surface area (Å²) >= 11 is 0. The molecular weight excluding hydrogens is 985 g/mol. The number of carboxylic acids is 2. The van der Waals surface area contributed by atoms with Crippen LogP contribution < -0.4 is 21.3 Å². The number of H-pyrrole nitrogens is 2. The Labute approximate surface area is 438 Å². The van der Waals surface area contributed by atoms with Crippen LogP contribution in [0, 0.1) is 0 Å². The average molecular weight is 1050 g/mol. The maximum atomic E-state index is 12.7. The number of benzene rings is 4. The van der Waals surface area contributed by atoms with Gasteiger partial charge in [-0.05, 0) is 101 Å². The van der Waals surface area contributed by atoms with Crippen LogP contribution in [0.3, 0.4) is 0 Å². The lowest BCUT2D eigenvalue weighted by atomic mass is 10.1. The van der Waals surface area contributed by atoms with E-state index in [0.717, 1.165) is 33.2 Å². The molecule has 0 saturated carbocycles. The Morgan fingerprint density at radius 3 is 1.30 bits per heavy atom. The second-order valence-corrected chi connectivity index (χ2v) is 19.3. The number of nitrogens with one attached hydrogen (secondary N) is 6. The third-order valence-corrected chi connectivity index (χ3v) is 10.7. The van der Waals surface area contributed by atoms with Crippen LogP contribution in [0.4, 0.5) is 9.59 Å². The maximum absolute atomic E-state index is 12.7. The number of fused-ring (bicyclic) bond motifs is 2. The minimum absolute atomic E-state index is 0.0945. The summed E-state index contributed by atoms with van der Waals surface area (Å²) in [6, 6.07) is 25.6. The predicted molar refractivity (Wildman–Crippen MR) is 277 cm³/mol. The molecule has 0 saturated heterocycles. The van der Waals surface area contributed by atoms with Gasteiger partial charge in [0.1, 0.15) is 41.5 Å². The molecule has 23 heteroatoms. The van der Waals surface area contributed by atoms with Gasteiger partial charge in [-0.15, -0.1) is 0 Å². The Kier molecular flexibility index (Phi) is 20.1. The van der Waals surface area contributed by atoms with Crippen LogP contribution in [-0.2, 0) is 59.6 Å². The van der Waals surface area contributed by atoms with Gasteiger partial charge in [-0.3, -0.25) is 19.2 Å². The quantitative estimate of drug-likeness (QED) is 0.0483. The summed E-state index contributed by atoms with van der Waals surface area (Å²) in [6.07, 6.45) is -1.79. The molecular formula is C53H64N10O13. The highest BCUT2D eigenvalue weighted by Gasteiger charge is 2.27.